The summed E-state index contributed by atoms with van der Waals surface area (Å²) in [7, 11) is -11.9. The highest BCUT2D eigenvalue weighted by molar-refractivity contribution is 7.52. The summed E-state index contributed by atoms with van der Waals surface area (Å²) >= 11 is 0. The molecule has 4 heterocycles. The number of ether oxygens (including phenoxy) is 2. The van der Waals surface area contributed by atoms with E-state index in [2.05, 4.69) is 166 Å². The molecule has 0 bridgehead atoms. The Kier molecular flexibility index (Phi) is 35.8. The van der Waals surface area contributed by atoms with Crippen LogP contribution in [-0.4, -0.2) is 116 Å². The van der Waals surface area contributed by atoms with Gasteiger partial charge in [-0.15, -0.1) is 0 Å². The van der Waals surface area contributed by atoms with Gasteiger partial charge in [-0.3, -0.25) is 28.5 Å². The molecule has 4 aromatic heterocycles. The molecule has 0 saturated heterocycles. The van der Waals surface area contributed by atoms with E-state index in [0.717, 1.165) is 138 Å². The van der Waals surface area contributed by atoms with Crippen molar-refractivity contribution in [3.8, 4) is 89.5 Å². The smallest absolute Gasteiger partial charge is 0.325 e. The Morgan fingerprint density at radius 2 is 0.690 bits per heavy atom. The minimum Gasteiger partial charge on any atom is -0.481 e. The maximum Gasteiger partial charge on any atom is 0.325 e. The first-order valence-corrected chi connectivity index (χ1v) is 44.5. The minimum atomic E-state index is -3.97. The van der Waals surface area contributed by atoms with E-state index in [1.165, 1.54) is 22.3 Å². The number of aliphatic hydroxyl groups is 1. The second kappa shape index (κ2) is 46.1. The van der Waals surface area contributed by atoms with Gasteiger partial charge in [0, 0.05) is 77.4 Å². The zero-order chi connectivity index (χ0) is 82.7. The van der Waals surface area contributed by atoms with Crippen molar-refractivity contribution in [2.24, 2.45) is 0 Å². The third kappa shape index (κ3) is 30.6. The molecule has 23 heteroatoms. The number of pyridine rings is 4. The van der Waals surface area contributed by atoms with Crippen LogP contribution in [0, 0.1) is 6.92 Å². The lowest BCUT2D eigenvalue weighted by Crippen LogP contribution is -2.28. The van der Waals surface area contributed by atoms with Crippen molar-refractivity contribution in [3.05, 3.63) is 312 Å². The molecular weight excluding hydrogens is 1520 g/mol. The summed E-state index contributed by atoms with van der Waals surface area (Å²) in [6.45, 7) is 11.4. The van der Waals surface area contributed by atoms with Gasteiger partial charge < -0.3 is 59.7 Å². The van der Waals surface area contributed by atoms with E-state index in [1.807, 2.05) is 140 Å². The van der Waals surface area contributed by atoms with Crippen LogP contribution in [0.15, 0.2) is 267 Å². The number of aliphatic carboxylic acids is 1. The second-order valence-electron chi connectivity index (χ2n) is 28.1. The van der Waals surface area contributed by atoms with Gasteiger partial charge in [0.05, 0.1) is 89.8 Å². The summed E-state index contributed by atoms with van der Waals surface area (Å²) in [5.41, 5.74) is 25.0. The lowest BCUT2D eigenvalue weighted by atomic mass is 9.97. The van der Waals surface area contributed by atoms with E-state index in [4.69, 9.17) is 63.9 Å². The fraction of sp³-hybridized carbons (Fsp3) is 0.258. The average Bonchev–Trinajstić information content (AvgIpc) is 0.818. The summed E-state index contributed by atoms with van der Waals surface area (Å²) < 4.78 is 43.9. The van der Waals surface area contributed by atoms with Crippen LogP contribution in [0.4, 0.5) is 0 Å². The highest BCUT2D eigenvalue weighted by atomic mass is 31.2. The molecule has 0 aliphatic rings. The van der Waals surface area contributed by atoms with Crippen molar-refractivity contribution in [2.45, 2.75) is 111 Å². The topological polar surface area (TPSA) is 324 Å². The molecule has 0 radical (unpaired) electrons. The van der Waals surface area contributed by atoms with Crippen LogP contribution < -0.4 is 10.6 Å². The van der Waals surface area contributed by atoms with E-state index in [0.29, 0.717) is 52.1 Å². The molecule has 0 fully saturated rings. The highest BCUT2D eigenvalue weighted by Gasteiger charge is 2.19. The van der Waals surface area contributed by atoms with Crippen molar-refractivity contribution >= 4 is 28.8 Å². The van der Waals surface area contributed by atoms with Crippen LogP contribution in [0.2, 0.25) is 0 Å². The van der Waals surface area contributed by atoms with Crippen LogP contribution >= 0.6 is 22.8 Å². The molecule has 0 spiro atoms. The number of benzene rings is 8. The summed E-state index contributed by atoms with van der Waals surface area (Å²) in [5, 5.41) is 24.7. The summed E-state index contributed by atoms with van der Waals surface area (Å²) in [5.74, 6) is -1.01. The molecule has 8 aromatic carbocycles. The number of aliphatic hydroxyl groups excluding tert-OH is 1. The Labute approximate surface area is 680 Å². The summed E-state index contributed by atoms with van der Waals surface area (Å²) in [6.07, 6.45) is 3.65. The van der Waals surface area contributed by atoms with Gasteiger partial charge in [0.2, 0.25) is 0 Å². The minimum absolute atomic E-state index is 0.102. The Bertz CT molecular complexity index is 5140. The van der Waals surface area contributed by atoms with Crippen molar-refractivity contribution < 1.29 is 67.5 Å². The van der Waals surface area contributed by atoms with E-state index < -0.39 is 34.9 Å². The van der Waals surface area contributed by atoms with Crippen LogP contribution in [0.25, 0.3) is 89.5 Å². The molecule has 1 unspecified atom stereocenters. The van der Waals surface area contributed by atoms with Gasteiger partial charge in [-0.1, -0.05) is 275 Å². The maximum atomic E-state index is 10.9. The van der Waals surface area contributed by atoms with Crippen LogP contribution in [0.5, 0.6) is 0 Å². The monoisotopic (exact) mass is 1620 g/mol. The molecular formula is C93H105N6O14P3. The van der Waals surface area contributed by atoms with Gasteiger partial charge in [0.15, 0.2) is 0 Å². The standard InChI is InChI=1S/C24H29N2O3P.C24H26N2O3.C23H26NO4P.C22H24NO4P/c1-2-7-19-10-12-20(13-11-19)23-15-14-22(18-25-16-6-17-30(27,28)29)26-24(23)21-8-4-3-5-9-21;1-2-17-8-10-18(11-9-17)22-13-12-20(15-25-16-21(27)14-23(28)29)26-24(22)19-6-4-3-5-7-19;1-2-18-9-11-19(12-10-18)22-14-13-21(17-28-15-6-16-29(25,26)27)24-23(22)20-7-4-3-5-8-20;1-17-8-10-18(11-9-17)21-13-12-20(16-27-14-5-15-28(24,25)26)23-22(21)19-6-3-2-4-7-19/h3-5,8-15,25H,2,6-7,16-18H2,1H3,(H2,27,28,29);3-13,21,25,27H,2,14-16H2,1H3,(H,28,29);3-5,7-14H,2,6,15-17H2,1H3,(H2,25,26,27);2-4,6-13H,5,14-16H2,1H3,(H2,24,25,26). The zero-order valence-corrected chi connectivity index (χ0v) is 68.8. The maximum absolute atomic E-state index is 10.9. The Balaban J connectivity index is 0.000000177. The molecule has 20 nitrogen and oxygen atoms in total. The number of hydrogen-bond acceptors (Lipinski definition) is 13. The quantitative estimate of drug-likeness (QED) is 0.0129. The Morgan fingerprint density at radius 3 is 1.02 bits per heavy atom. The number of carboxylic acid groups (broad SMARTS) is 1. The van der Waals surface area contributed by atoms with Crippen molar-refractivity contribution in [2.75, 3.05) is 44.8 Å². The largest absolute Gasteiger partial charge is 0.481 e. The van der Waals surface area contributed by atoms with Crippen LogP contribution in [0.3, 0.4) is 0 Å². The van der Waals surface area contributed by atoms with E-state index >= 15 is 0 Å². The van der Waals surface area contributed by atoms with E-state index in [1.54, 1.807) is 0 Å². The van der Waals surface area contributed by atoms with Gasteiger partial charge in [-0.05, 0) is 115 Å². The predicted octanol–water partition coefficient (Wildman–Crippen LogP) is 18.8. The number of carboxylic acids is 1. The van der Waals surface area contributed by atoms with Gasteiger partial charge in [-0.25, -0.2) is 9.97 Å². The van der Waals surface area contributed by atoms with Gasteiger partial charge in [-0.2, -0.15) is 0 Å². The van der Waals surface area contributed by atoms with Gasteiger partial charge in [0.1, 0.15) is 0 Å². The van der Waals surface area contributed by atoms with Crippen molar-refractivity contribution in [1.29, 1.82) is 0 Å². The molecule has 1 atom stereocenters. The number of carbonyl (C=O) groups is 1. The first-order valence-electron chi connectivity index (χ1n) is 39.1. The number of aryl methyl sites for hydroxylation is 4. The van der Waals surface area contributed by atoms with Gasteiger partial charge >= 0.3 is 28.8 Å². The molecule has 0 aliphatic heterocycles. The highest BCUT2D eigenvalue weighted by Crippen LogP contribution is 2.39. The third-order valence-corrected chi connectivity index (χ3v) is 21.4. The molecule has 0 amide bonds. The van der Waals surface area contributed by atoms with Crippen molar-refractivity contribution in [3.63, 3.8) is 0 Å². The van der Waals surface area contributed by atoms with Crippen molar-refractivity contribution in [1.82, 2.24) is 30.6 Å². The number of nitrogens with one attached hydrogen (secondary N) is 2. The number of aromatic nitrogens is 4. The molecule has 10 N–H and O–H groups in total. The SMILES string of the molecule is CCCc1ccc(-c2ccc(CNCCCP(=O)(O)O)nc2-c2ccccc2)cc1.CCc1ccc(-c2ccc(CNCC(O)CC(=O)O)nc2-c2ccccc2)cc1.CCc1ccc(-c2ccc(COCCCP(=O)(O)O)nc2-c2ccccc2)cc1.Cc1ccc(-c2ccc(COCCCP(=O)(O)O)nc2-c2ccccc2)cc1. The molecule has 606 valence electrons. The fourth-order valence-electron chi connectivity index (χ4n) is 12.6. The normalized spacial score (nSPS) is 11.6. The predicted molar refractivity (Wildman–Crippen MR) is 463 cm³/mol. The van der Waals surface area contributed by atoms with Crippen LogP contribution in [0.1, 0.15) is 97.9 Å². The Morgan fingerprint density at radius 1 is 0.379 bits per heavy atom. The molecule has 12 rings (SSSR count). The molecule has 12 aromatic rings. The average molecular weight is 1620 g/mol. The molecule has 0 saturated carbocycles. The van der Waals surface area contributed by atoms with E-state index in [-0.39, 0.29) is 44.7 Å². The second-order valence-corrected chi connectivity index (χ2v) is 33.4. The van der Waals surface area contributed by atoms with E-state index in [9.17, 15) is 23.6 Å². The number of nitrogens with zero attached hydrogens (tertiary/aromatic N) is 4. The molecule has 116 heavy (non-hydrogen) atoms. The first-order chi connectivity index (χ1) is 55.9. The summed E-state index contributed by atoms with van der Waals surface area (Å²) in [6, 6.07) is 90.5. The molecule has 0 aliphatic carbocycles. The van der Waals surface area contributed by atoms with Gasteiger partial charge in [0.25, 0.3) is 0 Å². The zero-order valence-electron chi connectivity index (χ0n) is 66.1. The fourth-order valence-corrected chi connectivity index (χ4v) is 14.3. The summed E-state index contributed by atoms with van der Waals surface area (Å²) in [4.78, 5) is 83.6. The lowest BCUT2D eigenvalue weighted by molar-refractivity contribution is -0.139. The third-order valence-electron chi connectivity index (χ3n) is 18.7. The first kappa shape index (κ1) is 90.0. The van der Waals surface area contributed by atoms with Crippen LogP contribution in [-0.2, 0) is 73.5 Å². The number of rotatable bonds is 36. The lowest BCUT2D eigenvalue weighted by Gasteiger charge is -2.13. The number of hydrogen-bond donors (Lipinski definition) is 10. The Hall–Kier alpha value is -9.92.